The lowest BCUT2D eigenvalue weighted by atomic mass is 9.70. The lowest BCUT2D eigenvalue weighted by molar-refractivity contribution is -0.139. The van der Waals surface area contributed by atoms with Crippen molar-refractivity contribution in [3.63, 3.8) is 0 Å². The highest BCUT2D eigenvalue weighted by Crippen LogP contribution is 2.48. The third-order valence-corrected chi connectivity index (χ3v) is 7.79. The van der Waals surface area contributed by atoms with E-state index in [1.165, 1.54) is 11.1 Å². The maximum atomic E-state index is 14.2. The smallest absolute Gasteiger partial charge is 0.417 e. The van der Waals surface area contributed by atoms with Crippen molar-refractivity contribution in [3.05, 3.63) is 91.2 Å². The highest BCUT2D eigenvalue weighted by Gasteiger charge is 2.44. The van der Waals surface area contributed by atoms with Gasteiger partial charge in [0.25, 0.3) is 0 Å². The standard InChI is InChI=1S/C33H38N2O6/c1-8-39-31(37)29-24(16-40-33(5,6)7)34-23-14-20(26-18(3)12-17(2)13-19(26)4)15-25(36)28(23)27(29)21-10-9-11-22-30(21)41-32(38)35-22/h9-13,20,27,34H,8,14-16H2,1-7H3,(H,35,38). The van der Waals surface area contributed by atoms with E-state index in [1.54, 1.807) is 25.1 Å². The molecule has 0 bridgehead atoms. The molecule has 8 nitrogen and oxygen atoms in total. The molecule has 0 radical (unpaired) electrons. The van der Waals surface area contributed by atoms with E-state index < -0.39 is 23.2 Å². The van der Waals surface area contributed by atoms with Gasteiger partial charge in [-0.25, -0.2) is 9.59 Å². The number of aromatic amines is 1. The predicted molar refractivity (Wildman–Crippen MR) is 157 cm³/mol. The third kappa shape index (κ3) is 5.53. The van der Waals surface area contributed by atoms with E-state index in [-0.39, 0.29) is 24.9 Å². The Hall–Kier alpha value is -3.91. The SMILES string of the molecule is CCOC(=O)C1=C(COC(C)(C)C)NC2=C(C(=O)CC(c3c(C)cc(C)cc3C)C2)C1c1cccc2[nH]c(=O)oc12. The summed E-state index contributed by atoms with van der Waals surface area (Å²) in [5.74, 6) is -2.02. The third-order valence-electron chi connectivity index (χ3n) is 7.79. The topological polar surface area (TPSA) is 111 Å². The Labute approximate surface area is 239 Å². The van der Waals surface area contributed by atoms with Gasteiger partial charge in [-0.05, 0) is 83.6 Å². The van der Waals surface area contributed by atoms with Crippen LogP contribution in [0.5, 0.6) is 0 Å². The lowest BCUT2D eigenvalue weighted by Crippen LogP contribution is -2.39. The quantitative estimate of drug-likeness (QED) is 0.370. The molecule has 0 saturated heterocycles. The minimum atomic E-state index is -0.791. The number of allylic oxidation sites excluding steroid dienone is 2. The number of Topliss-reactive ketones (excluding diaryl/α,β-unsaturated/α-hetero) is 1. The summed E-state index contributed by atoms with van der Waals surface area (Å²) in [4.78, 5) is 42.7. The average Bonchev–Trinajstić information content (AvgIpc) is 3.26. The molecule has 2 aromatic carbocycles. The Balaban J connectivity index is 1.72. The number of benzene rings is 2. The monoisotopic (exact) mass is 558 g/mol. The van der Waals surface area contributed by atoms with Crippen molar-refractivity contribution in [2.45, 2.75) is 78.7 Å². The van der Waals surface area contributed by atoms with Gasteiger partial charge in [-0.2, -0.15) is 0 Å². The van der Waals surface area contributed by atoms with Crippen LogP contribution in [0.1, 0.15) is 80.2 Å². The predicted octanol–water partition coefficient (Wildman–Crippen LogP) is 5.77. The van der Waals surface area contributed by atoms with Crippen LogP contribution < -0.4 is 11.1 Å². The second-order valence-corrected chi connectivity index (χ2v) is 12.0. The van der Waals surface area contributed by atoms with Gasteiger partial charge < -0.3 is 19.2 Å². The van der Waals surface area contributed by atoms with Crippen molar-refractivity contribution in [1.29, 1.82) is 0 Å². The number of ether oxygens (including phenoxy) is 2. The summed E-state index contributed by atoms with van der Waals surface area (Å²) in [6.45, 7) is 14.1. The van der Waals surface area contributed by atoms with E-state index in [2.05, 4.69) is 43.2 Å². The van der Waals surface area contributed by atoms with Crippen molar-refractivity contribution < 1.29 is 23.5 Å². The number of rotatable bonds is 6. The molecule has 0 saturated carbocycles. The van der Waals surface area contributed by atoms with Crippen LogP contribution in [0.4, 0.5) is 0 Å². The fourth-order valence-corrected chi connectivity index (χ4v) is 6.38. The van der Waals surface area contributed by atoms with Crippen LogP contribution in [0, 0.1) is 20.8 Å². The summed E-state index contributed by atoms with van der Waals surface area (Å²) >= 11 is 0. The molecular formula is C33H38N2O6. The fraction of sp³-hybridized carbons (Fsp3) is 0.424. The number of hydrogen-bond donors (Lipinski definition) is 2. The lowest BCUT2D eigenvalue weighted by Gasteiger charge is -2.38. The number of dihydropyridines is 1. The maximum absolute atomic E-state index is 14.2. The Morgan fingerprint density at radius 1 is 1.07 bits per heavy atom. The molecule has 5 rings (SSSR count). The van der Waals surface area contributed by atoms with Gasteiger partial charge in [0.1, 0.15) is 0 Å². The van der Waals surface area contributed by atoms with Crippen LogP contribution >= 0.6 is 0 Å². The number of hydrogen-bond acceptors (Lipinski definition) is 7. The summed E-state index contributed by atoms with van der Waals surface area (Å²) in [5, 5.41) is 3.46. The highest BCUT2D eigenvalue weighted by molar-refractivity contribution is 6.05. The highest BCUT2D eigenvalue weighted by atomic mass is 16.5. The normalized spacial score (nSPS) is 19.4. The number of aryl methyl sites for hydroxylation is 3. The second kappa shape index (κ2) is 10.8. The zero-order chi connectivity index (χ0) is 29.6. The van der Waals surface area contributed by atoms with E-state index in [1.807, 2.05) is 20.8 Å². The van der Waals surface area contributed by atoms with Crippen molar-refractivity contribution in [1.82, 2.24) is 10.3 Å². The van der Waals surface area contributed by atoms with E-state index in [4.69, 9.17) is 13.9 Å². The van der Waals surface area contributed by atoms with Crippen molar-refractivity contribution in [2.75, 3.05) is 13.2 Å². The molecule has 2 unspecified atom stereocenters. The van der Waals surface area contributed by atoms with Gasteiger partial charge in [0.2, 0.25) is 0 Å². The molecule has 0 amide bonds. The first kappa shape index (κ1) is 28.6. The zero-order valence-electron chi connectivity index (χ0n) is 24.8. The molecule has 2 N–H and O–H groups in total. The van der Waals surface area contributed by atoms with Crippen LogP contribution in [-0.2, 0) is 19.1 Å². The first-order valence-electron chi connectivity index (χ1n) is 14.1. The number of aromatic nitrogens is 1. The van der Waals surface area contributed by atoms with Gasteiger partial charge in [-0.15, -0.1) is 0 Å². The van der Waals surface area contributed by atoms with Crippen molar-refractivity contribution in [2.24, 2.45) is 0 Å². The van der Waals surface area contributed by atoms with Gasteiger partial charge in [0.05, 0.1) is 41.5 Å². The van der Waals surface area contributed by atoms with Crippen LogP contribution in [-0.4, -0.2) is 35.6 Å². The van der Waals surface area contributed by atoms with Crippen LogP contribution in [0.25, 0.3) is 11.1 Å². The van der Waals surface area contributed by atoms with Gasteiger partial charge in [-0.1, -0.05) is 29.8 Å². The van der Waals surface area contributed by atoms with Crippen molar-refractivity contribution in [3.8, 4) is 0 Å². The maximum Gasteiger partial charge on any atom is 0.417 e. The van der Waals surface area contributed by atoms with Gasteiger partial charge in [-0.3, -0.25) is 9.78 Å². The molecule has 216 valence electrons. The molecule has 2 heterocycles. The van der Waals surface area contributed by atoms with E-state index in [9.17, 15) is 14.4 Å². The first-order chi connectivity index (χ1) is 19.4. The van der Waals surface area contributed by atoms with Crippen molar-refractivity contribution >= 4 is 22.9 Å². The summed E-state index contributed by atoms with van der Waals surface area (Å²) < 4.78 is 17.3. The Morgan fingerprint density at radius 3 is 2.44 bits per heavy atom. The molecule has 3 aromatic rings. The van der Waals surface area contributed by atoms with Gasteiger partial charge in [0, 0.05) is 23.3 Å². The van der Waals surface area contributed by atoms with E-state index >= 15 is 0 Å². The molecule has 2 aliphatic rings. The first-order valence-corrected chi connectivity index (χ1v) is 14.1. The summed E-state index contributed by atoms with van der Waals surface area (Å²) in [5.41, 5.74) is 7.67. The molecule has 0 spiro atoms. The minimum absolute atomic E-state index is 0.0232. The number of carbonyl (C=O) groups is 2. The number of nitrogens with one attached hydrogen (secondary N) is 2. The van der Waals surface area contributed by atoms with Gasteiger partial charge in [0.15, 0.2) is 11.4 Å². The fourth-order valence-electron chi connectivity index (χ4n) is 6.38. The van der Waals surface area contributed by atoms with E-state index in [0.29, 0.717) is 46.3 Å². The number of oxazole rings is 1. The number of para-hydroxylation sites is 1. The Bertz CT molecular complexity index is 1640. The minimum Gasteiger partial charge on any atom is -0.463 e. The number of fused-ring (bicyclic) bond motifs is 1. The number of H-pyrrole nitrogens is 1. The molecule has 0 fully saturated rings. The van der Waals surface area contributed by atoms with E-state index in [0.717, 1.165) is 16.8 Å². The van der Waals surface area contributed by atoms with Crippen LogP contribution in [0.3, 0.4) is 0 Å². The zero-order valence-corrected chi connectivity index (χ0v) is 24.8. The van der Waals surface area contributed by atoms with Crippen LogP contribution in [0.2, 0.25) is 0 Å². The summed E-state index contributed by atoms with van der Waals surface area (Å²) in [7, 11) is 0. The van der Waals surface area contributed by atoms with Gasteiger partial charge >= 0.3 is 11.7 Å². The molecule has 8 heteroatoms. The number of ketones is 1. The molecular weight excluding hydrogens is 520 g/mol. The molecule has 1 aliphatic carbocycles. The second-order valence-electron chi connectivity index (χ2n) is 12.0. The summed E-state index contributed by atoms with van der Waals surface area (Å²) in [6, 6.07) is 9.64. The Morgan fingerprint density at radius 2 is 1.78 bits per heavy atom. The molecule has 1 aromatic heterocycles. The number of esters is 1. The van der Waals surface area contributed by atoms with Crippen LogP contribution in [0.15, 0.2) is 62.1 Å². The molecule has 41 heavy (non-hydrogen) atoms. The molecule has 2 atom stereocenters. The number of carbonyl (C=O) groups excluding carboxylic acids is 2. The summed E-state index contributed by atoms with van der Waals surface area (Å²) in [6.07, 6.45) is 0.892. The Kier molecular flexibility index (Phi) is 7.55. The average molecular weight is 559 g/mol. The molecule has 1 aliphatic heterocycles. The largest absolute Gasteiger partial charge is 0.463 e.